The van der Waals surface area contributed by atoms with Crippen LogP contribution in [0, 0.1) is 13.8 Å². The van der Waals surface area contributed by atoms with Crippen molar-refractivity contribution in [3.63, 3.8) is 0 Å². The van der Waals surface area contributed by atoms with Crippen LogP contribution in [-0.2, 0) is 0 Å². The molecule has 0 fully saturated rings. The fourth-order valence-corrected chi connectivity index (χ4v) is 4.94. The van der Waals surface area contributed by atoms with Gasteiger partial charge >= 0.3 is 0 Å². The lowest BCUT2D eigenvalue weighted by Gasteiger charge is -2.18. The number of ether oxygens (including phenoxy) is 1. The van der Waals surface area contributed by atoms with E-state index in [4.69, 9.17) is 4.74 Å². The summed E-state index contributed by atoms with van der Waals surface area (Å²) in [4.78, 5) is 0. The summed E-state index contributed by atoms with van der Waals surface area (Å²) in [5.74, 6) is 0.947. The van der Waals surface area contributed by atoms with E-state index in [0.717, 1.165) is 5.75 Å². The van der Waals surface area contributed by atoms with Gasteiger partial charge < -0.3 is 12.9 Å². The van der Waals surface area contributed by atoms with Crippen molar-refractivity contribution in [3.8, 4) is 27.5 Å². The van der Waals surface area contributed by atoms with Gasteiger partial charge in [-0.3, -0.25) is 0 Å². The lowest BCUT2D eigenvalue weighted by atomic mass is 9.98. The molecule has 2 heteroatoms. The van der Waals surface area contributed by atoms with Crippen molar-refractivity contribution in [3.05, 3.63) is 77.9 Å². The van der Waals surface area contributed by atoms with Crippen molar-refractivity contribution >= 4 is 19.0 Å². The smallest absolute Gasteiger partial charge is 0.124 e. The van der Waals surface area contributed by atoms with Crippen LogP contribution in [0.15, 0.2) is 66.7 Å². The molecule has 0 bridgehead atoms. The van der Waals surface area contributed by atoms with Crippen LogP contribution in [0.5, 0.6) is 5.75 Å². The van der Waals surface area contributed by atoms with Crippen LogP contribution >= 0.6 is 8.19 Å². The third kappa shape index (κ3) is 2.65. The molecule has 0 spiro atoms. The largest absolute Gasteiger partial charge is 0.514 e. The van der Waals surface area contributed by atoms with E-state index in [1.165, 1.54) is 51.8 Å². The molecule has 0 aliphatic heterocycles. The zero-order valence-electron chi connectivity index (χ0n) is 14.7. The molecule has 4 aromatic rings. The molecular weight excluding hydrogens is 323 g/mol. The zero-order chi connectivity index (χ0) is 17.4. The highest BCUT2D eigenvalue weighted by molar-refractivity contribution is 7.38. The molecule has 4 rings (SSSR count). The summed E-state index contributed by atoms with van der Waals surface area (Å²) in [6.07, 6.45) is 0. The van der Waals surface area contributed by atoms with Gasteiger partial charge in [0, 0.05) is 5.56 Å². The third-order valence-corrected chi connectivity index (χ3v) is 6.49. The molecule has 0 aliphatic carbocycles. The zero-order valence-corrected chi connectivity index (χ0v) is 15.6. The van der Waals surface area contributed by atoms with Crippen LogP contribution in [0.2, 0.25) is 0 Å². The van der Waals surface area contributed by atoms with E-state index < -0.39 is 0 Å². The molecule has 1 heterocycles. The normalized spacial score (nSPS) is 11.3. The lowest BCUT2D eigenvalue weighted by Crippen LogP contribution is -1.89. The molecule has 3 aromatic carbocycles. The van der Waals surface area contributed by atoms with Gasteiger partial charge in [0.15, 0.2) is 0 Å². The van der Waals surface area contributed by atoms with E-state index in [9.17, 15) is 0 Å². The molecule has 1 aromatic heterocycles. The maximum Gasteiger partial charge on any atom is 0.124 e. The monoisotopic (exact) mass is 343 g/mol. The summed E-state index contributed by atoms with van der Waals surface area (Å²) in [6.45, 7) is 4.46. The number of hydrogen-bond acceptors (Lipinski definition) is 1. The van der Waals surface area contributed by atoms with Gasteiger partial charge in [0.05, 0.1) is 7.11 Å². The second-order valence-corrected chi connectivity index (χ2v) is 7.41. The average Bonchev–Trinajstić information content (AvgIpc) is 2.96. The number of fused-ring (bicyclic) bond motifs is 1. The van der Waals surface area contributed by atoms with Gasteiger partial charge in [-0.25, -0.2) is 0 Å². The Morgan fingerprint density at radius 3 is 2.16 bits per heavy atom. The van der Waals surface area contributed by atoms with Gasteiger partial charge in [0.25, 0.3) is 0 Å². The quantitative estimate of drug-likeness (QED) is 0.385. The summed E-state index contributed by atoms with van der Waals surface area (Å²) in [6, 6.07) is 23.5. The van der Waals surface area contributed by atoms with E-state index in [-0.39, 0.29) is 0 Å². The molecular formula is C23H20OP-. The molecule has 25 heavy (non-hydrogen) atoms. The first kappa shape index (κ1) is 16.0. The highest BCUT2D eigenvalue weighted by Gasteiger charge is 2.11. The molecule has 0 radical (unpaired) electrons. The molecule has 0 unspecified atom stereocenters. The molecule has 1 nitrogen and oxygen atoms in total. The lowest BCUT2D eigenvalue weighted by molar-refractivity contribution is 0.417. The minimum absolute atomic E-state index is 0.947. The Morgan fingerprint density at radius 1 is 0.720 bits per heavy atom. The number of hydrogen-bond donors (Lipinski definition) is 0. The van der Waals surface area contributed by atoms with E-state index in [0.29, 0.717) is 0 Å². The van der Waals surface area contributed by atoms with Crippen LogP contribution in [-0.4, -0.2) is 7.11 Å². The van der Waals surface area contributed by atoms with Gasteiger partial charge in [-0.05, 0) is 36.2 Å². The van der Waals surface area contributed by atoms with Gasteiger partial charge in [0.2, 0.25) is 0 Å². The minimum atomic E-state index is 0.947. The Morgan fingerprint density at radius 2 is 1.40 bits per heavy atom. The highest BCUT2D eigenvalue weighted by atomic mass is 31.0. The summed E-state index contributed by atoms with van der Waals surface area (Å²) in [5, 5.41) is 5.25. The van der Waals surface area contributed by atoms with Gasteiger partial charge in [-0.1, -0.05) is 71.8 Å². The summed E-state index contributed by atoms with van der Waals surface area (Å²) >= 11 is 0. The SMILES string of the molecule is COc1ccc2ccccc2c1-c1[p-]c(-c2ccccc2)c(C)c1C. The molecule has 0 atom stereocenters. The Hall–Kier alpha value is -2.50. The van der Waals surface area contributed by atoms with Crippen LogP contribution in [0.3, 0.4) is 0 Å². The molecule has 124 valence electrons. The topological polar surface area (TPSA) is 9.23 Å². The van der Waals surface area contributed by atoms with Crippen molar-refractivity contribution in [1.82, 2.24) is 0 Å². The highest BCUT2D eigenvalue weighted by Crippen LogP contribution is 2.49. The van der Waals surface area contributed by atoms with Gasteiger partial charge in [-0.2, -0.15) is 10.6 Å². The number of rotatable bonds is 3. The van der Waals surface area contributed by atoms with E-state index in [1.807, 2.05) is 0 Å². The van der Waals surface area contributed by atoms with Crippen molar-refractivity contribution in [1.29, 1.82) is 0 Å². The fraction of sp³-hybridized carbons (Fsp3) is 0.130. The second kappa shape index (κ2) is 6.43. The molecule has 0 saturated carbocycles. The van der Waals surface area contributed by atoms with Crippen molar-refractivity contribution in [2.45, 2.75) is 13.8 Å². The fourth-order valence-electron chi connectivity index (χ4n) is 3.42. The Balaban J connectivity index is 2.02. The minimum Gasteiger partial charge on any atom is -0.514 e. The summed E-state index contributed by atoms with van der Waals surface area (Å²) in [7, 11) is 3.01. The van der Waals surface area contributed by atoms with Crippen molar-refractivity contribution < 1.29 is 4.74 Å². The standard InChI is InChI=1S/C23H20OP/c1-15-16(2)23(25-22(15)18-10-5-4-6-11-18)21-19-12-8-7-9-17(19)13-14-20(21)24-3/h4-14H,1-3H3/q-1. The maximum absolute atomic E-state index is 5.73. The predicted molar refractivity (Wildman–Crippen MR) is 109 cm³/mol. The second-order valence-electron chi connectivity index (χ2n) is 6.29. The average molecular weight is 343 g/mol. The van der Waals surface area contributed by atoms with Crippen LogP contribution in [0.25, 0.3) is 32.5 Å². The molecule has 0 saturated heterocycles. The third-order valence-electron chi connectivity index (χ3n) is 4.89. The molecule has 0 amide bonds. The van der Waals surface area contributed by atoms with Crippen LogP contribution in [0.4, 0.5) is 0 Å². The van der Waals surface area contributed by atoms with E-state index in [1.54, 1.807) is 7.11 Å². The summed E-state index contributed by atoms with van der Waals surface area (Å²) in [5.41, 5.74) is 5.26. The molecule has 0 N–H and O–H groups in total. The van der Waals surface area contributed by atoms with Gasteiger partial charge in [0.1, 0.15) is 5.75 Å². The van der Waals surface area contributed by atoms with Crippen molar-refractivity contribution in [2.24, 2.45) is 0 Å². The van der Waals surface area contributed by atoms with Crippen molar-refractivity contribution in [2.75, 3.05) is 7.11 Å². The number of methoxy groups -OCH3 is 1. The Kier molecular flexibility index (Phi) is 4.11. The van der Waals surface area contributed by atoms with Crippen LogP contribution < -0.4 is 4.74 Å². The first-order valence-corrected chi connectivity index (χ1v) is 9.35. The Labute approximate surface area is 150 Å². The Bertz CT molecular complexity index is 1040. The maximum atomic E-state index is 5.73. The first-order chi connectivity index (χ1) is 12.2. The van der Waals surface area contributed by atoms with Gasteiger partial charge in [-0.15, -0.1) is 0 Å². The number of benzene rings is 3. The van der Waals surface area contributed by atoms with E-state index in [2.05, 4.69) is 80.6 Å². The predicted octanol–water partition coefficient (Wildman–Crippen LogP) is 7.10. The molecule has 0 aliphatic rings. The van der Waals surface area contributed by atoms with E-state index >= 15 is 0 Å². The first-order valence-electron chi connectivity index (χ1n) is 8.46. The van der Waals surface area contributed by atoms with Crippen LogP contribution in [0.1, 0.15) is 11.1 Å². The summed E-state index contributed by atoms with van der Waals surface area (Å²) < 4.78 is 5.73.